The minimum Gasteiger partial charge on any atom is -0.310 e. The maximum Gasteiger partial charge on any atom is 0.176 e. The van der Waals surface area contributed by atoms with Crippen LogP contribution < -0.4 is 5.32 Å². The fraction of sp³-hybridized carbons (Fsp3) is 0.462. The quantitative estimate of drug-likeness (QED) is 0.771. The van der Waals surface area contributed by atoms with Crippen LogP contribution in [0.1, 0.15) is 30.8 Å². The minimum atomic E-state index is -0.218. The summed E-state index contributed by atoms with van der Waals surface area (Å²) in [5, 5.41) is 15.5. The number of rotatable bonds is 6. The van der Waals surface area contributed by atoms with E-state index < -0.39 is 0 Å². The molecule has 0 fully saturated rings. The first-order chi connectivity index (χ1) is 9.60. The summed E-state index contributed by atoms with van der Waals surface area (Å²) in [7, 11) is 1.74. The van der Waals surface area contributed by atoms with E-state index in [0.29, 0.717) is 12.2 Å². The van der Waals surface area contributed by atoms with E-state index >= 15 is 0 Å². The van der Waals surface area contributed by atoms with Crippen LogP contribution in [0.4, 0.5) is 4.39 Å². The van der Waals surface area contributed by atoms with E-state index in [1.54, 1.807) is 13.1 Å². The van der Waals surface area contributed by atoms with Crippen molar-refractivity contribution in [1.29, 1.82) is 0 Å². The Bertz CT molecular complexity index is 572. The van der Waals surface area contributed by atoms with Gasteiger partial charge in [0.25, 0.3) is 0 Å². The van der Waals surface area contributed by atoms with Crippen LogP contribution in [0.3, 0.4) is 0 Å². The average molecular weight is 389 g/mol. The summed E-state index contributed by atoms with van der Waals surface area (Å²) in [4.78, 5) is 1.45. The average Bonchev–Trinajstić information content (AvgIpc) is 2.80. The van der Waals surface area contributed by atoms with Gasteiger partial charge in [0.2, 0.25) is 0 Å². The molecular weight excluding hydrogens is 372 g/mol. The summed E-state index contributed by atoms with van der Waals surface area (Å²) in [5.41, 5.74) is 1.06. The number of nitrogens with zero attached hydrogens (tertiary/aromatic N) is 4. The highest BCUT2D eigenvalue weighted by atomic mass is 127. The summed E-state index contributed by atoms with van der Waals surface area (Å²) in [6.45, 7) is 3.00. The minimum absolute atomic E-state index is 0.0617. The molecule has 0 aliphatic rings. The lowest BCUT2D eigenvalue weighted by molar-refractivity contribution is 0.513. The normalized spacial score (nSPS) is 12.6. The maximum absolute atomic E-state index is 13.2. The van der Waals surface area contributed by atoms with Crippen molar-refractivity contribution in [2.75, 3.05) is 6.54 Å². The second-order valence-corrected chi connectivity index (χ2v) is 5.73. The molecule has 2 aromatic rings. The molecule has 1 unspecified atom stereocenters. The number of tetrazole rings is 1. The Morgan fingerprint density at radius 1 is 1.45 bits per heavy atom. The monoisotopic (exact) mass is 389 g/mol. The molecule has 0 spiro atoms. The first-order valence-corrected chi connectivity index (χ1v) is 7.59. The summed E-state index contributed by atoms with van der Waals surface area (Å²) >= 11 is 2.16. The Kier molecular flexibility index (Phi) is 5.41. The van der Waals surface area contributed by atoms with Crippen molar-refractivity contribution < 1.29 is 4.39 Å². The molecule has 20 heavy (non-hydrogen) atoms. The Morgan fingerprint density at radius 2 is 2.25 bits per heavy atom. The van der Waals surface area contributed by atoms with Crippen molar-refractivity contribution in [3.63, 3.8) is 0 Å². The van der Waals surface area contributed by atoms with Gasteiger partial charge in [-0.1, -0.05) is 13.0 Å². The molecular formula is C13H17FIN5. The van der Waals surface area contributed by atoms with E-state index in [9.17, 15) is 4.39 Å². The molecule has 0 radical (unpaired) electrons. The molecule has 108 valence electrons. The number of aryl methyl sites for hydroxylation is 1. The van der Waals surface area contributed by atoms with Gasteiger partial charge in [-0.25, -0.2) is 4.39 Å². The van der Waals surface area contributed by atoms with Crippen LogP contribution in [0.25, 0.3) is 0 Å². The van der Waals surface area contributed by atoms with Crippen LogP contribution >= 0.6 is 22.6 Å². The molecule has 0 amide bonds. The third-order valence-electron chi connectivity index (χ3n) is 2.92. The van der Waals surface area contributed by atoms with Crippen molar-refractivity contribution in [1.82, 2.24) is 25.5 Å². The third-order valence-corrected chi connectivity index (χ3v) is 3.85. The Morgan fingerprint density at radius 3 is 2.85 bits per heavy atom. The van der Waals surface area contributed by atoms with Crippen LogP contribution in [0.5, 0.6) is 0 Å². The largest absolute Gasteiger partial charge is 0.310 e. The van der Waals surface area contributed by atoms with Gasteiger partial charge in [-0.3, -0.25) is 0 Å². The first kappa shape index (κ1) is 15.3. The third kappa shape index (κ3) is 3.95. The smallest absolute Gasteiger partial charge is 0.176 e. The zero-order valence-electron chi connectivity index (χ0n) is 11.5. The van der Waals surface area contributed by atoms with Gasteiger partial charge in [0.05, 0.1) is 7.05 Å². The molecule has 0 bridgehead atoms. The number of halogens is 2. The highest BCUT2D eigenvalue weighted by Crippen LogP contribution is 2.23. The van der Waals surface area contributed by atoms with E-state index in [0.717, 1.165) is 22.1 Å². The maximum atomic E-state index is 13.2. The lowest BCUT2D eigenvalue weighted by atomic mass is 10.0. The van der Waals surface area contributed by atoms with Gasteiger partial charge in [0, 0.05) is 16.0 Å². The molecule has 0 aliphatic carbocycles. The lowest BCUT2D eigenvalue weighted by Crippen LogP contribution is -2.25. The van der Waals surface area contributed by atoms with Gasteiger partial charge in [-0.05, 0) is 58.5 Å². The molecule has 7 heteroatoms. The number of hydrogen-bond acceptors (Lipinski definition) is 4. The summed E-state index contributed by atoms with van der Waals surface area (Å²) in [6, 6.07) is 4.91. The zero-order chi connectivity index (χ0) is 14.5. The van der Waals surface area contributed by atoms with Gasteiger partial charge in [0.15, 0.2) is 5.82 Å². The van der Waals surface area contributed by atoms with Crippen LogP contribution in [0, 0.1) is 9.39 Å². The van der Waals surface area contributed by atoms with Crippen LogP contribution in [0.2, 0.25) is 0 Å². The standard InChI is InChI=1S/C13H17FIN5/c1-3-6-16-12(8-13-17-19-20(2)18-13)10-5-4-9(14)7-11(10)15/h4-5,7,12,16H,3,6,8H2,1-2H3. The first-order valence-electron chi connectivity index (χ1n) is 6.51. The number of benzene rings is 1. The van der Waals surface area contributed by atoms with Crippen LogP contribution in [0.15, 0.2) is 18.2 Å². The highest BCUT2D eigenvalue weighted by Gasteiger charge is 2.17. The van der Waals surface area contributed by atoms with Crippen LogP contribution in [-0.4, -0.2) is 26.8 Å². The molecule has 0 saturated carbocycles. The fourth-order valence-electron chi connectivity index (χ4n) is 1.98. The second kappa shape index (κ2) is 7.07. The second-order valence-electron chi connectivity index (χ2n) is 4.57. The topological polar surface area (TPSA) is 55.6 Å². The zero-order valence-corrected chi connectivity index (χ0v) is 13.6. The molecule has 1 aromatic carbocycles. The van der Waals surface area contributed by atoms with E-state index in [1.165, 1.54) is 10.9 Å². The van der Waals surface area contributed by atoms with Crippen molar-refractivity contribution >= 4 is 22.6 Å². The summed E-state index contributed by atoms with van der Waals surface area (Å²) in [5.74, 6) is 0.464. The molecule has 1 aromatic heterocycles. The Hall–Kier alpha value is -1.09. The Labute approximate surface area is 131 Å². The molecule has 0 saturated heterocycles. The molecule has 1 N–H and O–H groups in total. The van der Waals surface area contributed by atoms with E-state index in [2.05, 4.69) is 50.2 Å². The summed E-state index contributed by atoms with van der Waals surface area (Å²) < 4.78 is 14.1. The van der Waals surface area contributed by atoms with Gasteiger partial charge in [-0.15, -0.1) is 10.2 Å². The van der Waals surface area contributed by atoms with Gasteiger partial charge < -0.3 is 5.32 Å². The molecule has 5 nitrogen and oxygen atoms in total. The number of aromatic nitrogens is 4. The lowest BCUT2D eigenvalue weighted by Gasteiger charge is -2.19. The predicted octanol–water partition coefficient (Wildman–Crippen LogP) is 2.24. The Balaban J connectivity index is 2.22. The molecule has 2 rings (SSSR count). The van der Waals surface area contributed by atoms with E-state index in [1.807, 2.05) is 6.07 Å². The van der Waals surface area contributed by atoms with Gasteiger partial charge >= 0.3 is 0 Å². The molecule has 0 aliphatic heterocycles. The van der Waals surface area contributed by atoms with E-state index in [4.69, 9.17) is 0 Å². The van der Waals surface area contributed by atoms with Crippen molar-refractivity contribution in [2.24, 2.45) is 7.05 Å². The van der Waals surface area contributed by atoms with Crippen LogP contribution in [-0.2, 0) is 13.5 Å². The van der Waals surface area contributed by atoms with Gasteiger partial charge in [0.1, 0.15) is 5.82 Å². The van der Waals surface area contributed by atoms with Crippen molar-refractivity contribution in [3.05, 3.63) is 39.0 Å². The number of nitrogens with one attached hydrogen (secondary N) is 1. The van der Waals surface area contributed by atoms with Crippen molar-refractivity contribution in [2.45, 2.75) is 25.8 Å². The summed E-state index contributed by atoms with van der Waals surface area (Å²) in [6.07, 6.45) is 1.66. The number of hydrogen-bond donors (Lipinski definition) is 1. The van der Waals surface area contributed by atoms with Gasteiger partial charge in [-0.2, -0.15) is 4.80 Å². The molecule has 1 atom stereocenters. The van der Waals surface area contributed by atoms with E-state index in [-0.39, 0.29) is 11.9 Å². The fourth-order valence-corrected chi connectivity index (χ4v) is 2.84. The predicted molar refractivity (Wildman–Crippen MR) is 82.7 cm³/mol. The highest BCUT2D eigenvalue weighted by molar-refractivity contribution is 14.1. The molecule has 1 heterocycles. The van der Waals surface area contributed by atoms with Crippen molar-refractivity contribution in [3.8, 4) is 0 Å². The SMILES string of the molecule is CCCNC(Cc1nnn(C)n1)c1ccc(F)cc1I.